The maximum Gasteiger partial charge on any atom is 0.227 e. The molecule has 1 aliphatic rings. The van der Waals surface area contributed by atoms with Gasteiger partial charge in [-0.3, -0.25) is 0 Å². The first kappa shape index (κ1) is 16.2. The summed E-state index contributed by atoms with van der Waals surface area (Å²) in [7, 11) is 0. The Kier molecular flexibility index (Phi) is 5.16. The molecule has 1 fully saturated rings. The molecule has 122 valence electrons. The molecule has 0 bridgehead atoms. The third kappa shape index (κ3) is 3.83. The summed E-state index contributed by atoms with van der Waals surface area (Å²) in [5.74, 6) is 1.69. The minimum Gasteiger partial charge on any atom is -0.340 e. The standard InChI is InChI=1S/C18H23BrN4/c1-3-15-6-4-5-11-23(15)18-20-10-9-17(22-18)21-14-7-8-16(19)13(2)12-14/h7-10,12,15H,3-6,11H2,1-2H3,(H,20,21,22). The molecule has 1 atom stereocenters. The lowest BCUT2D eigenvalue weighted by Crippen LogP contribution is -2.40. The molecule has 1 N–H and O–H groups in total. The van der Waals surface area contributed by atoms with E-state index in [4.69, 9.17) is 4.98 Å². The summed E-state index contributed by atoms with van der Waals surface area (Å²) in [5, 5.41) is 3.39. The smallest absolute Gasteiger partial charge is 0.227 e. The summed E-state index contributed by atoms with van der Waals surface area (Å²) < 4.78 is 1.12. The van der Waals surface area contributed by atoms with Gasteiger partial charge in [0, 0.05) is 28.9 Å². The van der Waals surface area contributed by atoms with E-state index in [0.29, 0.717) is 6.04 Å². The molecule has 0 amide bonds. The van der Waals surface area contributed by atoms with E-state index in [2.05, 4.69) is 63.2 Å². The van der Waals surface area contributed by atoms with Crippen LogP contribution in [0.3, 0.4) is 0 Å². The van der Waals surface area contributed by atoms with Crippen molar-refractivity contribution in [3.05, 3.63) is 40.5 Å². The van der Waals surface area contributed by atoms with Crippen LogP contribution < -0.4 is 10.2 Å². The Labute approximate surface area is 146 Å². The zero-order valence-corrected chi connectivity index (χ0v) is 15.3. The molecule has 5 heteroatoms. The largest absolute Gasteiger partial charge is 0.340 e. The Bertz CT molecular complexity index is 674. The van der Waals surface area contributed by atoms with Gasteiger partial charge in [-0.2, -0.15) is 4.98 Å². The summed E-state index contributed by atoms with van der Waals surface area (Å²) in [6.45, 7) is 5.38. The SMILES string of the molecule is CCC1CCCCN1c1nccc(Nc2ccc(Br)c(C)c2)n1. The average Bonchev–Trinajstić information content (AvgIpc) is 2.58. The lowest BCUT2D eigenvalue weighted by molar-refractivity contribution is 0.443. The highest BCUT2D eigenvalue weighted by atomic mass is 79.9. The quantitative estimate of drug-likeness (QED) is 0.811. The monoisotopic (exact) mass is 374 g/mol. The lowest BCUT2D eigenvalue weighted by atomic mass is 10.0. The van der Waals surface area contributed by atoms with Crippen molar-refractivity contribution in [1.29, 1.82) is 0 Å². The normalized spacial score (nSPS) is 18.0. The van der Waals surface area contributed by atoms with E-state index in [-0.39, 0.29) is 0 Å². The van der Waals surface area contributed by atoms with Crippen LogP contribution in [0.5, 0.6) is 0 Å². The van der Waals surface area contributed by atoms with Gasteiger partial charge in [0.1, 0.15) is 5.82 Å². The van der Waals surface area contributed by atoms with Gasteiger partial charge in [0.05, 0.1) is 0 Å². The third-order valence-corrected chi connectivity index (χ3v) is 5.32. The molecule has 1 aromatic heterocycles. The molecule has 2 heterocycles. The van der Waals surface area contributed by atoms with Crippen molar-refractivity contribution in [2.45, 2.75) is 45.6 Å². The highest BCUT2D eigenvalue weighted by Gasteiger charge is 2.23. The fraction of sp³-hybridized carbons (Fsp3) is 0.444. The first-order valence-electron chi connectivity index (χ1n) is 8.30. The highest BCUT2D eigenvalue weighted by Crippen LogP contribution is 2.26. The zero-order chi connectivity index (χ0) is 16.2. The molecule has 1 saturated heterocycles. The molecular formula is C18H23BrN4. The van der Waals surface area contributed by atoms with Crippen molar-refractivity contribution < 1.29 is 0 Å². The second-order valence-electron chi connectivity index (χ2n) is 6.08. The van der Waals surface area contributed by atoms with E-state index in [1.165, 1.54) is 24.8 Å². The second-order valence-corrected chi connectivity index (χ2v) is 6.94. The summed E-state index contributed by atoms with van der Waals surface area (Å²) in [6.07, 6.45) is 6.77. The number of hydrogen-bond acceptors (Lipinski definition) is 4. The molecule has 0 spiro atoms. The number of hydrogen-bond donors (Lipinski definition) is 1. The van der Waals surface area contributed by atoms with Crippen molar-refractivity contribution in [3.8, 4) is 0 Å². The van der Waals surface area contributed by atoms with E-state index in [1.54, 1.807) is 0 Å². The fourth-order valence-electron chi connectivity index (χ4n) is 3.12. The Balaban J connectivity index is 1.80. The molecule has 0 saturated carbocycles. The van der Waals surface area contributed by atoms with Crippen molar-refractivity contribution in [1.82, 2.24) is 9.97 Å². The highest BCUT2D eigenvalue weighted by molar-refractivity contribution is 9.10. The number of aryl methyl sites for hydroxylation is 1. The molecule has 1 aromatic carbocycles. The summed E-state index contributed by atoms with van der Waals surface area (Å²) in [4.78, 5) is 11.6. The van der Waals surface area contributed by atoms with E-state index in [0.717, 1.165) is 34.9 Å². The van der Waals surface area contributed by atoms with Gasteiger partial charge >= 0.3 is 0 Å². The number of nitrogens with zero attached hydrogens (tertiary/aromatic N) is 3. The van der Waals surface area contributed by atoms with Gasteiger partial charge in [0.15, 0.2) is 0 Å². The summed E-state index contributed by atoms with van der Waals surface area (Å²) >= 11 is 3.53. The first-order chi connectivity index (χ1) is 11.2. The Morgan fingerprint density at radius 3 is 2.96 bits per heavy atom. The van der Waals surface area contributed by atoms with Crippen molar-refractivity contribution >= 4 is 33.4 Å². The number of benzene rings is 1. The van der Waals surface area contributed by atoms with Gasteiger partial charge in [0.25, 0.3) is 0 Å². The van der Waals surface area contributed by atoms with Crippen LogP contribution in [0, 0.1) is 6.92 Å². The molecule has 0 aliphatic carbocycles. The predicted molar refractivity (Wildman–Crippen MR) is 99.5 cm³/mol. The fourth-order valence-corrected chi connectivity index (χ4v) is 3.36. The zero-order valence-electron chi connectivity index (χ0n) is 13.7. The van der Waals surface area contributed by atoms with Gasteiger partial charge in [-0.05, 0) is 62.4 Å². The second kappa shape index (κ2) is 7.30. The number of rotatable bonds is 4. The van der Waals surface area contributed by atoms with Crippen LogP contribution in [0.2, 0.25) is 0 Å². The van der Waals surface area contributed by atoms with Crippen molar-refractivity contribution in [3.63, 3.8) is 0 Å². The van der Waals surface area contributed by atoms with Crippen LogP contribution in [-0.4, -0.2) is 22.6 Å². The maximum absolute atomic E-state index is 4.73. The molecule has 4 nitrogen and oxygen atoms in total. The summed E-state index contributed by atoms with van der Waals surface area (Å²) in [5.41, 5.74) is 2.24. The molecule has 1 unspecified atom stereocenters. The topological polar surface area (TPSA) is 41.1 Å². The average molecular weight is 375 g/mol. The Hall–Kier alpha value is -1.62. The molecule has 3 rings (SSSR count). The summed E-state index contributed by atoms with van der Waals surface area (Å²) in [6, 6.07) is 8.70. The van der Waals surface area contributed by atoms with E-state index in [9.17, 15) is 0 Å². The van der Waals surface area contributed by atoms with Gasteiger partial charge in [0.2, 0.25) is 5.95 Å². The number of halogens is 1. The maximum atomic E-state index is 4.73. The van der Waals surface area contributed by atoms with Crippen molar-refractivity contribution in [2.75, 3.05) is 16.8 Å². The number of nitrogens with one attached hydrogen (secondary N) is 1. The van der Waals surface area contributed by atoms with E-state index >= 15 is 0 Å². The minimum absolute atomic E-state index is 0.564. The lowest BCUT2D eigenvalue weighted by Gasteiger charge is -2.35. The predicted octanol–water partition coefficient (Wildman–Crippen LogP) is 5.06. The molecule has 0 radical (unpaired) electrons. The van der Waals surface area contributed by atoms with Crippen LogP contribution in [0.1, 0.15) is 38.2 Å². The first-order valence-corrected chi connectivity index (χ1v) is 9.09. The van der Waals surface area contributed by atoms with Crippen LogP contribution in [0.15, 0.2) is 34.9 Å². The van der Waals surface area contributed by atoms with Gasteiger partial charge in [-0.15, -0.1) is 0 Å². The molecular weight excluding hydrogens is 352 g/mol. The molecule has 23 heavy (non-hydrogen) atoms. The minimum atomic E-state index is 0.564. The number of anilines is 3. The van der Waals surface area contributed by atoms with Crippen molar-refractivity contribution in [2.24, 2.45) is 0 Å². The van der Waals surface area contributed by atoms with Crippen LogP contribution in [-0.2, 0) is 0 Å². The molecule has 1 aliphatic heterocycles. The molecule has 2 aromatic rings. The number of piperidine rings is 1. The van der Waals surface area contributed by atoms with Gasteiger partial charge < -0.3 is 10.2 Å². The van der Waals surface area contributed by atoms with E-state index < -0.39 is 0 Å². The Morgan fingerprint density at radius 1 is 1.30 bits per heavy atom. The Morgan fingerprint density at radius 2 is 2.17 bits per heavy atom. The number of aromatic nitrogens is 2. The van der Waals surface area contributed by atoms with Gasteiger partial charge in [-0.25, -0.2) is 4.98 Å². The van der Waals surface area contributed by atoms with Gasteiger partial charge in [-0.1, -0.05) is 22.9 Å². The van der Waals surface area contributed by atoms with E-state index in [1.807, 2.05) is 12.3 Å². The van der Waals surface area contributed by atoms with Crippen LogP contribution in [0.4, 0.5) is 17.5 Å². The van der Waals surface area contributed by atoms with Crippen LogP contribution in [0.25, 0.3) is 0 Å². The van der Waals surface area contributed by atoms with Crippen LogP contribution >= 0.6 is 15.9 Å². The third-order valence-electron chi connectivity index (χ3n) is 4.43.